The van der Waals surface area contributed by atoms with Crippen molar-refractivity contribution >= 4 is 17.5 Å². The Bertz CT molecular complexity index is 484. The average molecular weight is 237 g/mol. The summed E-state index contributed by atoms with van der Waals surface area (Å²) >= 11 is 0. The van der Waals surface area contributed by atoms with Crippen molar-refractivity contribution in [2.75, 3.05) is 14.1 Å². The SMILES string of the molecule is CNC(=O)c1ccc([N+](=O)[O-])cc1C(=O)NC. The first-order chi connectivity index (χ1) is 8.01. The van der Waals surface area contributed by atoms with Crippen molar-refractivity contribution < 1.29 is 14.5 Å². The molecule has 2 amide bonds. The number of benzene rings is 1. The average Bonchev–Trinajstić information content (AvgIpc) is 2.35. The summed E-state index contributed by atoms with van der Waals surface area (Å²) in [6.45, 7) is 0. The lowest BCUT2D eigenvalue weighted by Crippen LogP contribution is -2.25. The van der Waals surface area contributed by atoms with E-state index in [1.54, 1.807) is 0 Å². The molecule has 17 heavy (non-hydrogen) atoms. The summed E-state index contributed by atoms with van der Waals surface area (Å²) in [7, 11) is 2.80. The van der Waals surface area contributed by atoms with Gasteiger partial charge in [0.25, 0.3) is 17.5 Å². The third kappa shape index (κ3) is 2.57. The molecule has 0 aliphatic rings. The number of carbonyl (C=O) groups is 2. The van der Waals surface area contributed by atoms with Crippen LogP contribution in [-0.4, -0.2) is 30.8 Å². The fourth-order valence-electron chi connectivity index (χ4n) is 1.30. The molecule has 0 spiro atoms. The highest BCUT2D eigenvalue weighted by atomic mass is 16.6. The minimum absolute atomic E-state index is 0.0268. The van der Waals surface area contributed by atoms with Gasteiger partial charge in [0.2, 0.25) is 0 Å². The molecule has 1 aromatic carbocycles. The van der Waals surface area contributed by atoms with Crippen molar-refractivity contribution in [3.63, 3.8) is 0 Å². The Morgan fingerprint density at radius 3 is 2.12 bits per heavy atom. The smallest absolute Gasteiger partial charge is 0.270 e. The zero-order valence-electron chi connectivity index (χ0n) is 9.31. The highest BCUT2D eigenvalue weighted by Gasteiger charge is 2.19. The van der Waals surface area contributed by atoms with Crippen molar-refractivity contribution in [2.24, 2.45) is 0 Å². The monoisotopic (exact) mass is 237 g/mol. The fourth-order valence-corrected chi connectivity index (χ4v) is 1.30. The van der Waals surface area contributed by atoms with E-state index in [2.05, 4.69) is 10.6 Å². The molecule has 7 nitrogen and oxygen atoms in total. The molecule has 0 fully saturated rings. The number of hydrogen-bond donors (Lipinski definition) is 2. The van der Waals surface area contributed by atoms with E-state index in [0.29, 0.717) is 0 Å². The van der Waals surface area contributed by atoms with Crippen LogP contribution in [0.1, 0.15) is 20.7 Å². The predicted molar refractivity (Wildman–Crippen MR) is 59.9 cm³/mol. The third-order valence-electron chi connectivity index (χ3n) is 2.16. The summed E-state index contributed by atoms with van der Waals surface area (Å²) < 4.78 is 0. The van der Waals surface area contributed by atoms with Crippen LogP contribution >= 0.6 is 0 Å². The topological polar surface area (TPSA) is 101 Å². The third-order valence-corrected chi connectivity index (χ3v) is 2.16. The molecule has 90 valence electrons. The minimum atomic E-state index is -0.625. The van der Waals surface area contributed by atoms with Crippen LogP contribution in [0.3, 0.4) is 0 Å². The Balaban J connectivity index is 3.36. The van der Waals surface area contributed by atoms with E-state index in [-0.39, 0.29) is 16.8 Å². The van der Waals surface area contributed by atoms with Crippen LogP contribution in [0.25, 0.3) is 0 Å². The van der Waals surface area contributed by atoms with Crippen molar-refractivity contribution in [1.82, 2.24) is 10.6 Å². The summed E-state index contributed by atoms with van der Waals surface area (Å²) in [5.74, 6) is -1.02. The van der Waals surface area contributed by atoms with Crippen molar-refractivity contribution in [1.29, 1.82) is 0 Å². The van der Waals surface area contributed by atoms with Crippen molar-refractivity contribution in [3.8, 4) is 0 Å². The van der Waals surface area contributed by atoms with Gasteiger partial charge in [-0.2, -0.15) is 0 Å². The second-order valence-electron chi connectivity index (χ2n) is 3.15. The number of rotatable bonds is 3. The summed E-state index contributed by atoms with van der Waals surface area (Å²) in [5.41, 5.74) is -0.172. The second-order valence-corrected chi connectivity index (χ2v) is 3.15. The summed E-state index contributed by atoms with van der Waals surface area (Å²) in [5, 5.41) is 15.3. The van der Waals surface area contributed by atoms with Crippen LogP contribution in [0.5, 0.6) is 0 Å². The lowest BCUT2D eigenvalue weighted by atomic mass is 10.1. The van der Waals surface area contributed by atoms with Crippen molar-refractivity contribution in [3.05, 3.63) is 39.4 Å². The Morgan fingerprint density at radius 1 is 1.12 bits per heavy atom. The molecule has 0 aliphatic heterocycles. The summed E-state index contributed by atoms with van der Waals surface area (Å²) in [4.78, 5) is 33.0. The number of non-ortho nitro benzene ring substituents is 1. The number of nitrogens with one attached hydrogen (secondary N) is 2. The molecule has 1 aromatic rings. The highest BCUT2D eigenvalue weighted by molar-refractivity contribution is 6.07. The first kappa shape index (κ1) is 12.6. The van der Waals surface area contributed by atoms with Crippen LogP contribution in [-0.2, 0) is 0 Å². The number of carbonyl (C=O) groups excluding carboxylic acids is 2. The minimum Gasteiger partial charge on any atom is -0.355 e. The summed E-state index contributed by atoms with van der Waals surface area (Å²) in [6, 6.07) is 3.50. The second kappa shape index (κ2) is 5.06. The van der Waals surface area contributed by atoms with Gasteiger partial charge < -0.3 is 10.6 Å². The first-order valence-electron chi connectivity index (χ1n) is 4.74. The van der Waals surface area contributed by atoms with Gasteiger partial charge in [-0.15, -0.1) is 0 Å². The number of nitro benzene ring substituents is 1. The van der Waals surface area contributed by atoms with E-state index in [1.807, 2.05) is 0 Å². The maximum absolute atomic E-state index is 11.5. The molecule has 0 unspecified atom stereocenters. The Hall–Kier alpha value is -2.44. The standard InChI is InChI=1S/C10H11N3O4/c1-11-9(14)7-4-3-6(13(16)17)5-8(7)10(15)12-2/h3-5H,1-2H3,(H,11,14)(H,12,15). The van der Waals surface area contributed by atoms with Gasteiger partial charge in [0.1, 0.15) is 0 Å². The molecule has 0 saturated heterocycles. The van der Waals surface area contributed by atoms with E-state index in [4.69, 9.17) is 0 Å². The van der Waals surface area contributed by atoms with E-state index >= 15 is 0 Å². The molecule has 2 N–H and O–H groups in total. The molecular formula is C10H11N3O4. The van der Waals surface area contributed by atoms with Crippen LogP contribution in [0.4, 0.5) is 5.69 Å². The van der Waals surface area contributed by atoms with E-state index in [0.717, 1.165) is 6.07 Å². The van der Waals surface area contributed by atoms with E-state index < -0.39 is 16.7 Å². The van der Waals surface area contributed by atoms with Crippen LogP contribution < -0.4 is 10.6 Å². The number of amides is 2. The number of hydrogen-bond acceptors (Lipinski definition) is 4. The van der Waals surface area contributed by atoms with Gasteiger partial charge in [-0.3, -0.25) is 19.7 Å². The lowest BCUT2D eigenvalue weighted by molar-refractivity contribution is -0.384. The fraction of sp³-hybridized carbons (Fsp3) is 0.200. The molecule has 7 heteroatoms. The summed E-state index contributed by atoms with van der Waals surface area (Å²) in [6.07, 6.45) is 0. The van der Waals surface area contributed by atoms with Gasteiger partial charge in [0.15, 0.2) is 0 Å². The number of nitrogens with zero attached hydrogens (tertiary/aromatic N) is 1. The number of nitro groups is 1. The van der Waals surface area contributed by atoms with Gasteiger partial charge in [0, 0.05) is 26.2 Å². The molecule has 0 radical (unpaired) electrons. The maximum Gasteiger partial charge on any atom is 0.270 e. The largest absolute Gasteiger partial charge is 0.355 e. The molecule has 0 atom stereocenters. The molecule has 0 aliphatic carbocycles. The normalized spacial score (nSPS) is 9.53. The predicted octanol–water partition coefficient (Wildman–Crippen LogP) is 0.314. The van der Waals surface area contributed by atoms with Gasteiger partial charge in [-0.1, -0.05) is 0 Å². The Labute approximate surface area is 97.0 Å². The zero-order valence-corrected chi connectivity index (χ0v) is 9.31. The van der Waals surface area contributed by atoms with Crippen LogP contribution in [0.2, 0.25) is 0 Å². The van der Waals surface area contributed by atoms with Gasteiger partial charge in [0.05, 0.1) is 16.1 Å². The van der Waals surface area contributed by atoms with Gasteiger partial charge in [-0.25, -0.2) is 0 Å². The zero-order chi connectivity index (χ0) is 13.0. The Kier molecular flexibility index (Phi) is 3.76. The highest BCUT2D eigenvalue weighted by Crippen LogP contribution is 2.18. The van der Waals surface area contributed by atoms with Gasteiger partial charge >= 0.3 is 0 Å². The molecule has 0 saturated carbocycles. The first-order valence-corrected chi connectivity index (χ1v) is 4.74. The quantitative estimate of drug-likeness (QED) is 0.583. The molecule has 1 rings (SSSR count). The van der Waals surface area contributed by atoms with Crippen molar-refractivity contribution in [2.45, 2.75) is 0 Å². The van der Waals surface area contributed by atoms with Gasteiger partial charge in [-0.05, 0) is 6.07 Å². The van der Waals surface area contributed by atoms with E-state index in [9.17, 15) is 19.7 Å². The Morgan fingerprint density at radius 2 is 1.65 bits per heavy atom. The molecule has 0 bridgehead atoms. The van der Waals surface area contributed by atoms with Crippen LogP contribution in [0.15, 0.2) is 18.2 Å². The molecule has 0 heterocycles. The molecular weight excluding hydrogens is 226 g/mol. The van der Waals surface area contributed by atoms with E-state index in [1.165, 1.54) is 26.2 Å². The van der Waals surface area contributed by atoms with Crippen LogP contribution in [0, 0.1) is 10.1 Å². The molecule has 0 aromatic heterocycles. The lowest BCUT2D eigenvalue weighted by Gasteiger charge is -2.06. The maximum atomic E-state index is 11.5.